The van der Waals surface area contributed by atoms with Gasteiger partial charge in [-0.15, -0.1) is 0 Å². The molecule has 2 heterocycles. The van der Waals surface area contributed by atoms with Crippen LogP contribution in [-0.4, -0.2) is 40.1 Å². The van der Waals surface area contributed by atoms with E-state index in [1.54, 1.807) is 4.90 Å². The topological polar surface area (TPSA) is 56.3 Å². The molecule has 1 amide bonds. The van der Waals surface area contributed by atoms with Gasteiger partial charge in [0, 0.05) is 24.0 Å². The van der Waals surface area contributed by atoms with Crippen molar-refractivity contribution in [3.8, 4) is 0 Å². The Morgan fingerprint density at radius 2 is 2.14 bits per heavy atom. The Morgan fingerprint density at radius 3 is 2.86 bits per heavy atom. The van der Waals surface area contributed by atoms with Gasteiger partial charge in [-0.25, -0.2) is 0 Å². The fourth-order valence-corrected chi connectivity index (χ4v) is 2.98. The highest BCUT2D eigenvalue weighted by atomic mass is 16.3. The number of carbonyl (C=O) groups is 1. The largest absolute Gasteiger partial charge is 0.391 e. The molecule has 1 fully saturated rings. The van der Waals surface area contributed by atoms with Gasteiger partial charge in [-0.05, 0) is 49.4 Å². The molecule has 0 spiro atoms. The summed E-state index contributed by atoms with van der Waals surface area (Å²) in [6, 6.07) is 6.01. The number of nitrogens with one attached hydrogen (secondary N) is 1. The molecule has 2 aromatic rings. The number of likely N-dealkylation sites (tertiary alicyclic amines) is 1. The van der Waals surface area contributed by atoms with Gasteiger partial charge in [0.15, 0.2) is 0 Å². The molecule has 1 aromatic carbocycles. The van der Waals surface area contributed by atoms with E-state index in [2.05, 4.69) is 24.9 Å². The normalized spacial score (nSPS) is 22.8. The van der Waals surface area contributed by atoms with Gasteiger partial charge in [0.25, 0.3) is 5.91 Å². The van der Waals surface area contributed by atoms with E-state index >= 15 is 0 Å². The number of fused-ring (bicyclic) bond motifs is 1. The van der Waals surface area contributed by atoms with Gasteiger partial charge < -0.3 is 15.0 Å². The minimum Gasteiger partial charge on any atom is -0.391 e. The molecular formula is C17H22N2O2. The Bertz CT molecular complexity index is 689. The Hall–Kier alpha value is -1.81. The number of β-amino-alcohol motifs (C(OH)–C–C–N with tert-alkyl or cyclic N) is 1. The van der Waals surface area contributed by atoms with E-state index in [1.807, 2.05) is 19.1 Å². The maximum atomic E-state index is 12.6. The maximum Gasteiger partial charge on any atom is 0.270 e. The van der Waals surface area contributed by atoms with E-state index in [0.717, 1.165) is 17.3 Å². The molecule has 1 aliphatic rings. The SMILES string of the molecule is Cc1ccc2[nH]c(C(=O)N3CCC(C)C(O)C3)cc2c1C. The average Bonchev–Trinajstić information content (AvgIpc) is 2.90. The fourth-order valence-electron chi connectivity index (χ4n) is 2.98. The second-order valence-electron chi connectivity index (χ2n) is 6.24. The Morgan fingerprint density at radius 1 is 1.38 bits per heavy atom. The smallest absolute Gasteiger partial charge is 0.270 e. The summed E-state index contributed by atoms with van der Waals surface area (Å²) in [4.78, 5) is 17.6. The maximum absolute atomic E-state index is 12.6. The van der Waals surface area contributed by atoms with Gasteiger partial charge in [0.2, 0.25) is 0 Å². The molecular weight excluding hydrogens is 264 g/mol. The molecule has 0 saturated carbocycles. The van der Waals surface area contributed by atoms with Gasteiger partial charge in [-0.3, -0.25) is 4.79 Å². The number of amides is 1. The lowest BCUT2D eigenvalue weighted by Crippen LogP contribution is -2.45. The summed E-state index contributed by atoms with van der Waals surface area (Å²) in [5.41, 5.74) is 4.03. The monoisotopic (exact) mass is 286 g/mol. The molecule has 4 heteroatoms. The van der Waals surface area contributed by atoms with E-state index < -0.39 is 6.10 Å². The fraction of sp³-hybridized carbons (Fsp3) is 0.471. The molecule has 2 N–H and O–H groups in total. The minimum absolute atomic E-state index is 0.0193. The van der Waals surface area contributed by atoms with Crippen molar-refractivity contribution in [3.63, 3.8) is 0 Å². The number of piperidine rings is 1. The summed E-state index contributed by atoms with van der Waals surface area (Å²) in [7, 11) is 0. The van der Waals surface area contributed by atoms with Crippen LogP contribution in [0.25, 0.3) is 10.9 Å². The molecule has 1 saturated heterocycles. The Labute approximate surface area is 124 Å². The first-order valence-electron chi connectivity index (χ1n) is 7.53. The lowest BCUT2D eigenvalue weighted by Gasteiger charge is -2.34. The van der Waals surface area contributed by atoms with Gasteiger partial charge >= 0.3 is 0 Å². The molecule has 0 radical (unpaired) electrons. The molecule has 2 unspecified atom stereocenters. The lowest BCUT2D eigenvalue weighted by molar-refractivity contribution is 0.0246. The Kier molecular flexibility index (Phi) is 3.49. The second kappa shape index (κ2) is 5.19. The number of aliphatic hydroxyl groups excluding tert-OH is 1. The van der Waals surface area contributed by atoms with Crippen molar-refractivity contribution in [2.24, 2.45) is 5.92 Å². The number of aromatic nitrogens is 1. The van der Waals surface area contributed by atoms with E-state index in [0.29, 0.717) is 18.8 Å². The summed E-state index contributed by atoms with van der Waals surface area (Å²) >= 11 is 0. The van der Waals surface area contributed by atoms with Gasteiger partial charge in [0.1, 0.15) is 5.69 Å². The Balaban J connectivity index is 1.90. The number of carbonyl (C=O) groups excluding carboxylic acids is 1. The van der Waals surface area contributed by atoms with Crippen molar-refractivity contribution in [1.82, 2.24) is 9.88 Å². The number of H-pyrrole nitrogens is 1. The van der Waals surface area contributed by atoms with E-state index in [1.165, 1.54) is 11.1 Å². The van der Waals surface area contributed by atoms with Crippen LogP contribution in [0, 0.1) is 19.8 Å². The van der Waals surface area contributed by atoms with E-state index in [9.17, 15) is 9.90 Å². The number of nitrogens with zero attached hydrogens (tertiary/aromatic N) is 1. The summed E-state index contributed by atoms with van der Waals surface area (Å²) in [6.07, 6.45) is 0.432. The van der Waals surface area contributed by atoms with Crippen LogP contribution in [0.1, 0.15) is 35.0 Å². The highest BCUT2D eigenvalue weighted by Crippen LogP contribution is 2.24. The average molecular weight is 286 g/mol. The van der Waals surface area contributed by atoms with Crippen LogP contribution in [0.15, 0.2) is 18.2 Å². The number of benzene rings is 1. The molecule has 1 aliphatic heterocycles. The van der Waals surface area contributed by atoms with Crippen LogP contribution in [0.5, 0.6) is 0 Å². The lowest BCUT2D eigenvalue weighted by atomic mass is 9.96. The third-order valence-corrected chi connectivity index (χ3v) is 4.78. The van der Waals surface area contributed by atoms with Crippen LogP contribution < -0.4 is 0 Å². The van der Waals surface area contributed by atoms with Crippen molar-refractivity contribution in [1.29, 1.82) is 0 Å². The molecule has 4 nitrogen and oxygen atoms in total. The standard InChI is InChI=1S/C17H22N2O2/c1-10-4-5-14-13(12(10)3)8-15(18-14)17(21)19-7-6-11(2)16(20)9-19/h4-5,8,11,16,18,20H,6-7,9H2,1-3H3. The molecule has 0 bridgehead atoms. The number of hydrogen-bond donors (Lipinski definition) is 2. The van der Waals surface area contributed by atoms with Crippen molar-refractivity contribution in [3.05, 3.63) is 35.0 Å². The molecule has 3 rings (SSSR count). The summed E-state index contributed by atoms with van der Waals surface area (Å²) < 4.78 is 0. The first kappa shape index (κ1) is 14.1. The van der Waals surface area contributed by atoms with Crippen molar-refractivity contribution in [2.75, 3.05) is 13.1 Å². The van der Waals surface area contributed by atoms with Crippen LogP contribution in [-0.2, 0) is 0 Å². The zero-order chi connectivity index (χ0) is 15.1. The summed E-state index contributed by atoms with van der Waals surface area (Å²) in [5, 5.41) is 11.1. The molecule has 2 atom stereocenters. The molecule has 21 heavy (non-hydrogen) atoms. The van der Waals surface area contributed by atoms with E-state index in [-0.39, 0.29) is 11.8 Å². The number of aliphatic hydroxyl groups is 1. The zero-order valence-electron chi connectivity index (χ0n) is 12.8. The minimum atomic E-state index is -0.420. The highest BCUT2D eigenvalue weighted by molar-refractivity contribution is 5.99. The summed E-state index contributed by atoms with van der Waals surface area (Å²) in [6.45, 7) is 7.32. The number of rotatable bonds is 1. The molecule has 112 valence electrons. The van der Waals surface area contributed by atoms with Crippen LogP contribution >= 0.6 is 0 Å². The van der Waals surface area contributed by atoms with Crippen molar-refractivity contribution in [2.45, 2.75) is 33.3 Å². The van der Waals surface area contributed by atoms with Crippen LogP contribution in [0.4, 0.5) is 0 Å². The predicted octanol–water partition coefficient (Wildman–Crippen LogP) is 2.63. The highest BCUT2D eigenvalue weighted by Gasteiger charge is 2.28. The van der Waals surface area contributed by atoms with Crippen molar-refractivity contribution >= 4 is 16.8 Å². The summed E-state index contributed by atoms with van der Waals surface area (Å²) in [5.74, 6) is 0.246. The first-order valence-corrected chi connectivity index (χ1v) is 7.53. The molecule has 0 aliphatic carbocycles. The molecule has 1 aromatic heterocycles. The van der Waals surface area contributed by atoms with Crippen LogP contribution in [0.2, 0.25) is 0 Å². The van der Waals surface area contributed by atoms with Gasteiger partial charge in [-0.2, -0.15) is 0 Å². The second-order valence-corrected chi connectivity index (χ2v) is 6.24. The zero-order valence-corrected chi connectivity index (χ0v) is 12.8. The number of aromatic amines is 1. The third kappa shape index (κ3) is 2.44. The van der Waals surface area contributed by atoms with Crippen LogP contribution in [0.3, 0.4) is 0 Å². The van der Waals surface area contributed by atoms with Gasteiger partial charge in [-0.1, -0.05) is 13.0 Å². The van der Waals surface area contributed by atoms with E-state index in [4.69, 9.17) is 0 Å². The first-order chi connectivity index (χ1) is 9.97. The quantitative estimate of drug-likeness (QED) is 0.846. The number of hydrogen-bond acceptors (Lipinski definition) is 2. The van der Waals surface area contributed by atoms with Gasteiger partial charge in [0.05, 0.1) is 6.10 Å². The predicted molar refractivity (Wildman–Crippen MR) is 83.5 cm³/mol. The third-order valence-electron chi connectivity index (χ3n) is 4.78. The number of aryl methyl sites for hydroxylation is 2. The van der Waals surface area contributed by atoms with Crippen molar-refractivity contribution < 1.29 is 9.90 Å².